The molecule has 0 aromatic rings. The van der Waals surface area contributed by atoms with Crippen LogP contribution in [-0.4, -0.2) is 37.1 Å². The molecule has 0 aromatic heterocycles. The molecule has 1 fully saturated rings. The maximum atomic E-state index is 3.72. The fraction of sp³-hybridized carbons (Fsp3) is 1.00. The lowest BCUT2D eigenvalue weighted by Gasteiger charge is -2.21. The van der Waals surface area contributed by atoms with Gasteiger partial charge in [-0.25, -0.2) is 0 Å². The summed E-state index contributed by atoms with van der Waals surface area (Å²) in [6.45, 7) is 11.7. The van der Waals surface area contributed by atoms with Crippen LogP contribution in [0.15, 0.2) is 0 Å². The molecule has 17 heavy (non-hydrogen) atoms. The Balaban J connectivity index is 1.98. The van der Waals surface area contributed by atoms with Crippen molar-refractivity contribution in [1.29, 1.82) is 0 Å². The summed E-state index contributed by atoms with van der Waals surface area (Å²) in [4.78, 5) is 2.43. The summed E-state index contributed by atoms with van der Waals surface area (Å²) in [6, 6.07) is 1.46. The lowest BCUT2D eigenvalue weighted by molar-refractivity contribution is 0.267. The van der Waals surface area contributed by atoms with Crippen molar-refractivity contribution in [1.82, 2.24) is 10.2 Å². The van der Waals surface area contributed by atoms with Crippen molar-refractivity contribution in [2.24, 2.45) is 5.41 Å². The van der Waals surface area contributed by atoms with Gasteiger partial charge in [-0.2, -0.15) is 0 Å². The van der Waals surface area contributed by atoms with Gasteiger partial charge in [0.2, 0.25) is 0 Å². The van der Waals surface area contributed by atoms with E-state index in [4.69, 9.17) is 0 Å². The number of unbranched alkanes of at least 4 members (excludes halogenated alkanes) is 1. The molecular formula is C15H32N2. The summed E-state index contributed by atoms with van der Waals surface area (Å²) in [5, 5.41) is 3.72. The Bertz CT molecular complexity index is 211. The van der Waals surface area contributed by atoms with Gasteiger partial charge in [0.25, 0.3) is 0 Å². The van der Waals surface area contributed by atoms with Crippen molar-refractivity contribution in [3.63, 3.8) is 0 Å². The van der Waals surface area contributed by atoms with Crippen LogP contribution in [0.2, 0.25) is 0 Å². The average Bonchev–Trinajstić information content (AvgIpc) is 2.57. The highest BCUT2D eigenvalue weighted by Crippen LogP contribution is 2.36. The topological polar surface area (TPSA) is 15.3 Å². The molecule has 1 rings (SSSR count). The third-order valence-corrected chi connectivity index (χ3v) is 4.22. The van der Waals surface area contributed by atoms with E-state index in [1.807, 2.05) is 0 Å². The van der Waals surface area contributed by atoms with Crippen molar-refractivity contribution >= 4 is 0 Å². The van der Waals surface area contributed by atoms with Crippen LogP contribution in [0.25, 0.3) is 0 Å². The molecule has 1 atom stereocenters. The number of nitrogens with one attached hydrogen (secondary N) is 1. The van der Waals surface area contributed by atoms with Gasteiger partial charge in [-0.1, -0.05) is 13.8 Å². The van der Waals surface area contributed by atoms with Crippen LogP contribution >= 0.6 is 0 Å². The predicted molar refractivity (Wildman–Crippen MR) is 76.4 cm³/mol. The molecule has 1 saturated carbocycles. The number of hydrogen-bond acceptors (Lipinski definition) is 2. The Hall–Kier alpha value is -0.0800. The van der Waals surface area contributed by atoms with Gasteiger partial charge in [0, 0.05) is 12.1 Å². The van der Waals surface area contributed by atoms with Gasteiger partial charge >= 0.3 is 0 Å². The number of nitrogens with zero attached hydrogens (tertiary/aromatic N) is 1. The average molecular weight is 240 g/mol. The van der Waals surface area contributed by atoms with Gasteiger partial charge in [-0.05, 0) is 71.5 Å². The van der Waals surface area contributed by atoms with Crippen LogP contribution in [0.3, 0.4) is 0 Å². The molecule has 2 heteroatoms. The summed E-state index contributed by atoms with van der Waals surface area (Å²) in [5.74, 6) is 0. The van der Waals surface area contributed by atoms with Gasteiger partial charge in [0.15, 0.2) is 0 Å². The van der Waals surface area contributed by atoms with E-state index in [1.54, 1.807) is 0 Å². The summed E-state index contributed by atoms with van der Waals surface area (Å²) in [7, 11) is 2.22. The maximum Gasteiger partial charge on any atom is 0.00723 e. The molecule has 1 N–H and O–H groups in total. The van der Waals surface area contributed by atoms with Crippen molar-refractivity contribution in [2.75, 3.05) is 20.1 Å². The van der Waals surface area contributed by atoms with E-state index < -0.39 is 0 Å². The molecule has 0 saturated heterocycles. The van der Waals surface area contributed by atoms with E-state index >= 15 is 0 Å². The minimum atomic E-state index is 0.579. The predicted octanol–water partition coefficient (Wildman–Crippen LogP) is 3.28. The van der Waals surface area contributed by atoms with E-state index in [2.05, 4.69) is 45.0 Å². The normalized spacial score (nSPS) is 23.8. The highest BCUT2D eigenvalue weighted by atomic mass is 15.1. The summed E-state index contributed by atoms with van der Waals surface area (Å²) in [5.41, 5.74) is 0.579. The molecule has 0 bridgehead atoms. The molecule has 0 amide bonds. The van der Waals surface area contributed by atoms with Crippen molar-refractivity contribution in [2.45, 2.75) is 71.9 Å². The summed E-state index contributed by atoms with van der Waals surface area (Å²) >= 11 is 0. The molecule has 1 unspecified atom stereocenters. The van der Waals surface area contributed by atoms with Crippen LogP contribution in [0.4, 0.5) is 0 Å². The lowest BCUT2D eigenvalue weighted by atomic mass is 9.92. The van der Waals surface area contributed by atoms with Crippen LogP contribution in [0.5, 0.6) is 0 Å². The largest absolute Gasteiger partial charge is 0.314 e. The fourth-order valence-electron chi connectivity index (χ4n) is 2.66. The van der Waals surface area contributed by atoms with Gasteiger partial charge in [0.05, 0.1) is 0 Å². The molecule has 0 radical (unpaired) electrons. The quantitative estimate of drug-likeness (QED) is 0.687. The fourth-order valence-corrected chi connectivity index (χ4v) is 2.66. The zero-order valence-electron chi connectivity index (χ0n) is 12.6. The molecule has 0 spiro atoms. The Morgan fingerprint density at radius 2 is 2.00 bits per heavy atom. The minimum Gasteiger partial charge on any atom is -0.314 e. The zero-order valence-corrected chi connectivity index (χ0v) is 12.6. The van der Waals surface area contributed by atoms with E-state index in [0.29, 0.717) is 11.5 Å². The van der Waals surface area contributed by atoms with Gasteiger partial charge in [-0.3, -0.25) is 0 Å². The first-order valence-corrected chi connectivity index (χ1v) is 7.34. The smallest absolute Gasteiger partial charge is 0.00723 e. The second kappa shape index (κ2) is 6.75. The molecule has 0 heterocycles. The molecule has 1 aliphatic carbocycles. The number of hydrogen-bond donors (Lipinski definition) is 1. The summed E-state index contributed by atoms with van der Waals surface area (Å²) in [6.07, 6.45) is 6.75. The Labute approximate surface area is 108 Å². The van der Waals surface area contributed by atoms with E-state index in [0.717, 1.165) is 6.04 Å². The Morgan fingerprint density at radius 3 is 2.53 bits per heavy atom. The Kier molecular flexibility index (Phi) is 5.94. The third-order valence-electron chi connectivity index (χ3n) is 4.22. The number of rotatable bonds is 7. The van der Waals surface area contributed by atoms with Crippen LogP contribution in [-0.2, 0) is 0 Å². The molecule has 1 aliphatic rings. The third kappa shape index (κ3) is 5.87. The molecule has 2 nitrogen and oxygen atoms in total. The first-order chi connectivity index (χ1) is 7.91. The SMILES string of the molecule is CC(C)N(C)CCCCNC1CCC(C)(C)C1. The van der Waals surface area contributed by atoms with Crippen LogP contribution < -0.4 is 5.32 Å². The van der Waals surface area contributed by atoms with Crippen molar-refractivity contribution < 1.29 is 0 Å². The van der Waals surface area contributed by atoms with E-state index in [-0.39, 0.29) is 0 Å². The summed E-state index contributed by atoms with van der Waals surface area (Å²) < 4.78 is 0. The van der Waals surface area contributed by atoms with Crippen LogP contribution in [0.1, 0.15) is 59.8 Å². The second-order valence-electron chi connectivity index (χ2n) is 6.84. The monoisotopic (exact) mass is 240 g/mol. The molecule has 0 aromatic carbocycles. The zero-order chi connectivity index (χ0) is 12.9. The Morgan fingerprint density at radius 1 is 1.29 bits per heavy atom. The standard InChI is InChI=1S/C15H32N2/c1-13(2)17(5)11-7-6-10-16-14-8-9-15(3,4)12-14/h13-14,16H,6-12H2,1-5H3. The highest BCUT2D eigenvalue weighted by Gasteiger charge is 2.30. The van der Waals surface area contributed by atoms with Crippen molar-refractivity contribution in [3.05, 3.63) is 0 Å². The van der Waals surface area contributed by atoms with Crippen molar-refractivity contribution in [3.8, 4) is 0 Å². The molecule has 102 valence electrons. The van der Waals surface area contributed by atoms with Gasteiger partial charge in [-0.15, -0.1) is 0 Å². The van der Waals surface area contributed by atoms with Gasteiger partial charge < -0.3 is 10.2 Å². The molecular weight excluding hydrogens is 208 g/mol. The highest BCUT2D eigenvalue weighted by molar-refractivity contribution is 4.86. The first-order valence-electron chi connectivity index (χ1n) is 7.34. The molecule has 0 aliphatic heterocycles. The first kappa shape index (κ1) is 15.0. The lowest BCUT2D eigenvalue weighted by Crippen LogP contribution is -2.30. The van der Waals surface area contributed by atoms with E-state index in [9.17, 15) is 0 Å². The van der Waals surface area contributed by atoms with E-state index in [1.165, 1.54) is 45.2 Å². The van der Waals surface area contributed by atoms with Gasteiger partial charge in [0.1, 0.15) is 0 Å². The minimum absolute atomic E-state index is 0.579. The maximum absolute atomic E-state index is 3.72. The second-order valence-corrected chi connectivity index (χ2v) is 6.84. The van der Waals surface area contributed by atoms with Crippen LogP contribution in [0, 0.1) is 5.41 Å².